The van der Waals surface area contributed by atoms with E-state index in [9.17, 15) is 13.2 Å². The van der Waals surface area contributed by atoms with Crippen molar-refractivity contribution in [2.75, 3.05) is 0 Å². The fraction of sp³-hybridized carbons (Fsp3) is 0.500. The minimum atomic E-state index is -4.12. The van der Waals surface area contributed by atoms with Crippen molar-refractivity contribution in [1.82, 2.24) is 0 Å². The molecular formula is C8H13F3O6. The fourth-order valence-electron chi connectivity index (χ4n) is 0.568. The lowest BCUT2D eigenvalue weighted by Crippen LogP contribution is -2.10. The number of hydrogen-bond acceptors (Lipinski definition) is 2. The first-order valence-electron chi connectivity index (χ1n) is 4.05. The van der Waals surface area contributed by atoms with Gasteiger partial charge in [-0.15, -0.1) is 0 Å². The molecule has 0 aliphatic carbocycles. The Morgan fingerprint density at radius 3 is 1.29 bits per heavy atom. The SMILES string of the molecule is C/C=C(\CC)C(F)(F)F.O=C(O)O.O=C(O)O. The summed E-state index contributed by atoms with van der Waals surface area (Å²) < 4.78 is 35.0. The van der Waals surface area contributed by atoms with E-state index in [-0.39, 0.29) is 6.42 Å². The highest BCUT2D eigenvalue weighted by molar-refractivity contribution is 5.53. The van der Waals surface area contributed by atoms with Crippen LogP contribution in [0.5, 0.6) is 0 Å². The summed E-state index contributed by atoms with van der Waals surface area (Å²) in [5.41, 5.74) is -0.456. The van der Waals surface area contributed by atoms with Crippen molar-refractivity contribution in [3.05, 3.63) is 11.6 Å². The van der Waals surface area contributed by atoms with Gasteiger partial charge in [-0.3, -0.25) is 0 Å². The molecule has 0 aromatic rings. The predicted octanol–water partition coefficient (Wildman–Crippen LogP) is 3.35. The second-order valence-electron chi connectivity index (χ2n) is 2.23. The molecule has 6 nitrogen and oxygen atoms in total. The molecule has 0 saturated carbocycles. The zero-order valence-electron chi connectivity index (χ0n) is 9.02. The number of hydrogen-bond donors (Lipinski definition) is 4. The first kappa shape index (κ1) is 20.5. The van der Waals surface area contributed by atoms with E-state index in [1.807, 2.05) is 0 Å². The highest BCUT2D eigenvalue weighted by Gasteiger charge is 2.30. The van der Waals surface area contributed by atoms with Crippen molar-refractivity contribution in [3.8, 4) is 0 Å². The van der Waals surface area contributed by atoms with Crippen molar-refractivity contribution in [2.45, 2.75) is 26.4 Å². The topological polar surface area (TPSA) is 115 Å². The van der Waals surface area contributed by atoms with Crippen LogP contribution in [0.4, 0.5) is 22.8 Å². The van der Waals surface area contributed by atoms with Crippen LogP contribution in [0.25, 0.3) is 0 Å². The summed E-state index contributed by atoms with van der Waals surface area (Å²) in [5.74, 6) is 0. The quantitative estimate of drug-likeness (QED) is 0.538. The second kappa shape index (κ2) is 10.6. The summed E-state index contributed by atoms with van der Waals surface area (Å²) in [4.78, 5) is 17.1. The Morgan fingerprint density at radius 1 is 1.06 bits per heavy atom. The number of rotatable bonds is 1. The predicted molar refractivity (Wildman–Crippen MR) is 51.4 cm³/mol. The van der Waals surface area contributed by atoms with Crippen LogP contribution in [0, 0.1) is 0 Å². The Kier molecular flexibility index (Phi) is 12.7. The first-order chi connectivity index (χ1) is 7.48. The van der Waals surface area contributed by atoms with E-state index in [2.05, 4.69) is 0 Å². The minimum Gasteiger partial charge on any atom is -0.450 e. The van der Waals surface area contributed by atoms with Crippen molar-refractivity contribution in [2.24, 2.45) is 0 Å². The van der Waals surface area contributed by atoms with E-state index in [1.165, 1.54) is 13.8 Å². The maximum absolute atomic E-state index is 11.7. The van der Waals surface area contributed by atoms with E-state index in [0.717, 1.165) is 6.08 Å². The molecule has 0 aliphatic heterocycles. The van der Waals surface area contributed by atoms with Gasteiger partial charge in [0.25, 0.3) is 0 Å². The normalized spacial score (nSPS) is 10.3. The van der Waals surface area contributed by atoms with Crippen LogP contribution in [-0.2, 0) is 0 Å². The molecule has 0 aliphatic rings. The number of alkyl halides is 3. The van der Waals surface area contributed by atoms with E-state index in [0.29, 0.717) is 0 Å². The van der Waals surface area contributed by atoms with Crippen molar-refractivity contribution in [1.29, 1.82) is 0 Å². The summed E-state index contributed by atoms with van der Waals surface area (Å²) in [6, 6.07) is 0. The van der Waals surface area contributed by atoms with E-state index >= 15 is 0 Å². The van der Waals surface area contributed by atoms with Gasteiger partial charge in [0, 0.05) is 5.57 Å². The summed E-state index contributed by atoms with van der Waals surface area (Å²) in [5, 5.41) is 27.9. The third-order valence-corrected chi connectivity index (χ3v) is 1.09. The Balaban J connectivity index is -0.000000205. The van der Waals surface area contributed by atoms with Gasteiger partial charge >= 0.3 is 18.5 Å². The highest BCUT2D eigenvalue weighted by atomic mass is 19.4. The van der Waals surface area contributed by atoms with Crippen LogP contribution < -0.4 is 0 Å². The van der Waals surface area contributed by atoms with Gasteiger partial charge in [-0.25, -0.2) is 9.59 Å². The Bertz CT molecular complexity index is 238. The Morgan fingerprint density at radius 2 is 1.29 bits per heavy atom. The molecule has 0 rings (SSSR count). The molecule has 0 heterocycles. The lowest BCUT2D eigenvalue weighted by atomic mass is 10.2. The zero-order chi connectivity index (χ0) is 14.6. The van der Waals surface area contributed by atoms with Gasteiger partial charge in [0.15, 0.2) is 0 Å². The molecule has 0 spiro atoms. The van der Waals surface area contributed by atoms with Crippen LogP contribution >= 0.6 is 0 Å². The molecule has 17 heavy (non-hydrogen) atoms. The molecule has 0 amide bonds. The molecule has 0 aromatic carbocycles. The largest absolute Gasteiger partial charge is 0.503 e. The Hall–Kier alpha value is -1.93. The first-order valence-corrected chi connectivity index (χ1v) is 4.05. The third-order valence-electron chi connectivity index (χ3n) is 1.09. The lowest BCUT2D eigenvalue weighted by molar-refractivity contribution is -0.0936. The fourth-order valence-corrected chi connectivity index (χ4v) is 0.568. The summed E-state index contributed by atoms with van der Waals surface area (Å²) in [6.07, 6.45) is -6.64. The number of carbonyl (C=O) groups is 2. The maximum atomic E-state index is 11.7. The molecule has 0 aromatic heterocycles. The molecule has 9 heteroatoms. The van der Waals surface area contributed by atoms with Crippen LogP contribution in [0.3, 0.4) is 0 Å². The molecule has 102 valence electrons. The average molecular weight is 262 g/mol. The summed E-state index contributed by atoms with van der Waals surface area (Å²) in [6.45, 7) is 2.88. The van der Waals surface area contributed by atoms with Crippen LogP contribution in [0.2, 0.25) is 0 Å². The highest BCUT2D eigenvalue weighted by Crippen LogP contribution is 2.27. The zero-order valence-corrected chi connectivity index (χ0v) is 9.02. The van der Waals surface area contributed by atoms with Gasteiger partial charge in [0.2, 0.25) is 0 Å². The molecule has 0 bridgehead atoms. The summed E-state index contributed by atoms with van der Waals surface area (Å²) in [7, 11) is 0. The van der Waals surface area contributed by atoms with Crippen molar-refractivity contribution in [3.63, 3.8) is 0 Å². The van der Waals surface area contributed by atoms with E-state index in [1.54, 1.807) is 0 Å². The van der Waals surface area contributed by atoms with Crippen molar-refractivity contribution >= 4 is 12.3 Å². The number of carboxylic acid groups (broad SMARTS) is 4. The molecule has 0 fully saturated rings. The Labute approximate surface area is 94.6 Å². The molecular weight excluding hydrogens is 249 g/mol. The molecule has 0 radical (unpaired) electrons. The van der Waals surface area contributed by atoms with E-state index in [4.69, 9.17) is 30.0 Å². The van der Waals surface area contributed by atoms with Crippen LogP contribution in [0.1, 0.15) is 20.3 Å². The standard InChI is InChI=1S/C6H9F3.2CH2O3/c1-3-5(4-2)6(7,8)9;2*2-1(3)4/h3H,4H2,1-2H3;2*(H2,2,3,4)/b5-3+;;. The summed E-state index contributed by atoms with van der Waals surface area (Å²) >= 11 is 0. The van der Waals surface area contributed by atoms with Crippen molar-refractivity contribution < 1.29 is 43.2 Å². The molecule has 0 unspecified atom stereocenters. The molecule has 0 saturated heterocycles. The van der Waals surface area contributed by atoms with Gasteiger partial charge in [0.1, 0.15) is 0 Å². The van der Waals surface area contributed by atoms with Gasteiger partial charge in [-0.2, -0.15) is 13.2 Å². The molecule has 4 N–H and O–H groups in total. The van der Waals surface area contributed by atoms with Gasteiger partial charge in [-0.1, -0.05) is 13.0 Å². The maximum Gasteiger partial charge on any atom is 0.503 e. The number of halogens is 3. The monoisotopic (exact) mass is 262 g/mol. The number of allylic oxidation sites excluding steroid dienone is 2. The molecule has 0 atom stereocenters. The third kappa shape index (κ3) is 31.5. The van der Waals surface area contributed by atoms with Crippen LogP contribution in [0.15, 0.2) is 11.6 Å². The minimum absolute atomic E-state index is 0.0556. The van der Waals surface area contributed by atoms with Gasteiger partial charge < -0.3 is 20.4 Å². The lowest BCUT2D eigenvalue weighted by Gasteiger charge is -2.07. The van der Waals surface area contributed by atoms with E-state index < -0.39 is 24.1 Å². The van der Waals surface area contributed by atoms with Gasteiger partial charge in [-0.05, 0) is 13.3 Å². The van der Waals surface area contributed by atoms with Gasteiger partial charge in [0.05, 0.1) is 0 Å². The smallest absolute Gasteiger partial charge is 0.450 e. The van der Waals surface area contributed by atoms with Crippen LogP contribution in [-0.4, -0.2) is 38.9 Å². The average Bonchev–Trinajstić information content (AvgIpc) is 2.00. The second-order valence-corrected chi connectivity index (χ2v) is 2.23.